The Morgan fingerprint density at radius 2 is 1.66 bits per heavy atom. The van der Waals surface area contributed by atoms with E-state index in [1.165, 1.54) is 30.0 Å². The van der Waals surface area contributed by atoms with Gasteiger partial charge in [-0.1, -0.05) is 65.6 Å². The minimum Gasteiger partial charge on any atom is -0.299 e. The van der Waals surface area contributed by atoms with Crippen LogP contribution in [0.25, 0.3) is 0 Å². The van der Waals surface area contributed by atoms with Crippen LogP contribution in [-0.4, -0.2) is 38.9 Å². The molecule has 2 heterocycles. The van der Waals surface area contributed by atoms with Crippen molar-refractivity contribution in [1.82, 2.24) is 15.1 Å². The number of imide groups is 1. The number of carbonyl (C=O) groups excluding carboxylic acids is 3. The van der Waals surface area contributed by atoms with Crippen molar-refractivity contribution in [2.45, 2.75) is 23.1 Å². The quantitative estimate of drug-likeness (QED) is 0.370. The minimum absolute atomic E-state index is 0.313. The van der Waals surface area contributed by atoms with Crippen LogP contribution < -0.4 is 5.32 Å². The molecule has 4 rings (SSSR count). The van der Waals surface area contributed by atoms with E-state index < -0.39 is 23.8 Å². The second-order valence-corrected chi connectivity index (χ2v) is 8.54. The zero-order valence-electron chi connectivity index (χ0n) is 15.4. The van der Waals surface area contributed by atoms with Crippen molar-refractivity contribution in [3.63, 3.8) is 0 Å². The highest BCUT2D eigenvalue weighted by Gasteiger charge is 2.40. The predicted octanol–water partition coefficient (Wildman–Crippen LogP) is 3.45. The van der Waals surface area contributed by atoms with Crippen LogP contribution in [-0.2, 0) is 10.5 Å². The number of benzene rings is 2. The highest BCUT2D eigenvalue weighted by Crippen LogP contribution is 2.29. The molecular weight excluding hydrogens is 408 g/mol. The number of thioether (sulfide) groups is 1. The number of carbonyl (C=O) groups is 3. The van der Waals surface area contributed by atoms with Gasteiger partial charge in [-0.15, -0.1) is 10.2 Å². The Hall–Kier alpha value is -3.04. The lowest BCUT2D eigenvalue weighted by Crippen LogP contribution is -2.45. The van der Waals surface area contributed by atoms with E-state index in [0.29, 0.717) is 16.3 Å². The Morgan fingerprint density at radius 1 is 1.03 bits per heavy atom. The smallest absolute Gasteiger partial charge is 0.262 e. The largest absolute Gasteiger partial charge is 0.299 e. The van der Waals surface area contributed by atoms with Gasteiger partial charge in [0.05, 0.1) is 11.1 Å². The molecule has 0 aliphatic carbocycles. The van der Waals surface area contributed by atoms with Crippen molar-refractivity contribution in [3.8, 4) is 0 Å². The highest BCUT2D eigenvalue weighted by atomic mass is 32.2. The van der Waals surface area contributed by atoms with E-state index >= 15 is 0 Å². The fourth-order valence-corrected chi connectivity index (χ4v) is 4.64. The lowest BCUT2D eigenvalue weighted by Gasteiger charge is -2.20. The third-order valence-electron chi connectivity index (χ3n) is 4.43. The van der Waals surface area contributed by atoms with Gasteiger partial charge in [0.25, 0.3) is 11.8 Å². The summed E-state index contributed by atoms with van der Waals surface area (Å²) >= 11 is 2.77. The molecule has 1 aromatic heterocycles. The molecule has 1 unspecified atom stereocenters. The topological polar surface area (TPSA) is 92.3 Å². The van der Waals surface area contributed by atoms with Gasteiger partial charge in [0.15, 0.2) is 4.34 Å². The molecule has 0 fully saturated rings. The van der Waals surface area contributed by atoms with Gasteiger partial charge in [0.2, 0.25) is 11.0 Å². The first-order valence-electron chi connectivity index (χ1n) is 8.82. The molecule has 1 aliphatic heterocycles. The molecular formula is C20H16N4O3S2. The molecule has 2 aromatic carbocycles. The first-order chi connectivity index (χ1) is 14.0. The number of rotatable bonds is 6. The SMILES string of the molecule is CC(C(=O)Nc1nnc(SCc2ccccc2)s1)N1C(=O)c2ccccc2C1=O. The molecule has 29 heavy (non-hydrogen) atoms. The summed E-state index contributed by atoms with van der Waals surface area (Å²) in [7, 11) is 0. The van der Waals surface area contributed by atoms with Crippen molar-refractivity contribution >= 4 is 46.0 Å². The van der Waals surface area contributed by atoms with Crippen molar-refractivity contribution in [3.05, 3.63) is 71.3 Å². The van der Waals surface area contributed by atoms with E-state index in [1.807, 2.05) is 30.3 Å². The molecule has 3 aromatic rings. The second-order valence-electron chi connectivity index (χ2n) is 6.34. The highest BCUT2D eigenvalue weighted by molar-refractivity contribution is 8.00. The van der Waals surface area contributed by atoms with Crippen LogP contribution in [0.1, 0.15) is 33.2 Å². The van der Waals surface area contributed by atoms with Crippen molar-refractivity contribution in [1.29, 1.82) is 0 Å². The van der Waals surface area contributed by atoms with Crippen LogP contribution in [0.15, 0.2) is 58.9 Å². The average Bonchev–Trinajstić information content (AvgIpc) is 3.29. The van der Waals surface area contributed by atoms with Crippen molar-refractivity contribution in [2.75, 3.05) is 5.32 Å². The maximum Gasteiger partial charge on any atom is 0.262 e. The Labute approximate surface area is 175 Å². The molecule has 0 saturated heterocycles. The monoisotopic (exact) mass is 424 g/mol. The van der Waals surface area contributed by atoms with Gasteiger partial charge in [0, 0.05) is 5.75 Å². The molecule has 1 atom stereocenters. The van der Waals surface area contributed by atoms with Gasteiger partial charge in [-0.3, -0.25) is 24.6 Å². The van der Waals surface area contributed by atoms with Crippen molar-refractivity contribution in [2.24, 2.45) is 0 Å². The maximum absolute atomic E-state index is 12.6. The van der Waals surface area contributed by atoms with E-state index in [2.05, 4.69) is 15.5 Å². The summed E-state index contributed by atoms with van der Waals surface area (Å²) in [5.74, 6) is -0.681. The molecule has 3 amide bonds. The Balaban J connectivity index is 1.39. The number of hydrogen-bond acceptors (Lipinski definition) is 7. The predicted molar refractivity (Wildman–Crippen MR) is 111 cm³/mol. The van der Waals surface area contributed by atoms with E-state index in [9.17, 15) is 14.4 Å². The summed E-state index contributed by atoms with van der Waals surface area (Å²) in [5, 5.41) is 11.0. The first-order valence-corrected chi connectivity index (χ1v) is 10.6. The molecule has 1 aliphatic rings. The molecule has 0 saturated carbocycles. The van der Waals surface area contributed by atoms with Gasteiger partial charge < -0.3 is 0 Å². The minimum atomic E-state index is -0.966. The molecule has 7 nitrogen and oxygen atoms in total. The third kappa shape index (κ3) is 3.92. The first kappa shape index (κ1) is 19.3. The number of hydrogen-bond donors (Lipinski definition) is 1. The van der Waals surface area contributed by atoms with Gasteiger partial charge in [0.1, 0.15) is 6.04 Å². The van der Waals surface area contributed by atoms with Gasteiger partial charge >= 0.3 is 0 Å². The van der Waals surface area contributed by atoms with Crippen LogP contribution >= 0.6 is 23.1 Å². The van der Waals surface area contributed by atoms with E-state index in [1.54, 1.807) is 24.3 Å². The van der Waals surface area contributed by atoms with Crippen LogP contribution in [0.5, 0.6) is 0 Å². The summed E-state index contributed by atoms with van der Waals surface area (Å²) in [6.45, 7) is 1.52. The molecule has 0 bridgehead atoms. The zero-order valence-corrected chi connectivity index (χ0v) is 17.0. The van der Waals surface area contributed by atoms with Crippen LogP contribution in [0.4, 0.5) is 5.13 Å². The average molecular weight is 425 g/mol. The molecule has 9 heteroatoms. The Bertz CT molecular complexity index is 1050. The zero-order chi connectivity index (χ0) is 20.4. The standard InChI is InChI=1S/C20H16N4O3S2/c1-12(24-17(26)14-9-5-6-10-15(14)18(24)27)16(25)21-19-22-23-20(29-19)28-11-13-7-3-2-4-8-13/h2-10,12H,11H2,1H3,(H,21,22,25). The lowest BCUT2D eigenvalue weighted by atomic mass is 10.1. The Morgan fingerprint density at radius 3 is 2.31 bits per heavy atom. The molecule has 0 radical (unpaired) electrons. The number of aromatic nitrogens is 2. The number of nitrogens with zero attached hydrogens (tertiary/aromatic N) is 3. The summed E-state index contributed by atoms with van der Waals surface area (Å²) < 4.78 is 0.720. The number of amides is 3. The van der Waals surface area contributed by atoms with Gasteiger partial charge in [-0.25, -0.2) is 0 Å². The normalized spacial score (nSPS) is 14.0. The number of fused-ring (bicyclic) bond motifs is 1. The summed E-state index contributed by atoms with van der Waals surface area (Å²) in [4.78, 5) is 38.6. The summed E-state index contributed by atoms with van der Waals surface area (Å²) in [5.41, 5.74) is 1.79. The fourth-order valence-electron chi connectivity index (χ4n) is 2.92. The second kappa shape index (κ2) is 8.14. The van der Waals surface area contributed by atoms with E-state index in [0.717, 1.165) is 20.6 Å². The Kier molecular flexibility index (Phi) is 5.41. The van der Waals surface area contributed by atoms with E-state index in [-0.39, 0.29) is 0 Å². The number of anilines is 1. The van der Waals surface area contributed by atoms with Crippen LogP contribution in [0.3, 0.4) is 0 Å². The lowest BCUT2D eigenvalue weighted by molar-refractivity contribution is -0.119. The third-order valence-corrected chi connectivity index (χ3v) is 6.48. The maximum atomic E-state index is 12.6. The summed E-state index contributed by atoms with van der Waals surface area (Å²) in [6.07, 6.45) is 0. The number of nitrogens with one attached hydrogen (secondary N) is 1. The van der Waals surface area contributed by atoms with Crippen LogP contribution in [0.2, 0.25) is 0 Å². The van der Waals surface area contributed by atoms with E-state index in [4.69, 9.17) is 0 Å². The molecule has 146 valence electrons. The van der Waals surface area contributed by atoms with Gasteiger partial charge in [-0.05, 0) is 24.6 Å². The molecule has 1 N–H and O–H groups in total. The summed E-state index contributed by atoms with van der Waals surface area (Å²) in [6, 6.07) is 15.5. The van der Waals surface area contributed by atoms with Crippen molar-refractivity contribution < 1.29 is 14.4 Å². The molecule has 0 spiro atoms. The fraction of sp³-hybridized carbons (Fsp3) is 0.150. The van der Waals surface area contributed by atoms with Crippen LogP contribution in [0, 0.1) is 0 Å². The van der Waals surface area contributed by atoms with Gasteiger partial charge in [-0.2, -0.15) is 0 Å².